The topological polar surface area (TPSA) is 38.8 Å². The van der Waals surface area contributed by atoms with Gasteiger partial charge in [0, 0.05) is 24.2 Å². The van der Waals surface area contributed by atoms with Crippen LogP contribution in [0, 0.1) is 6.92 Å². The fourth-order valence-corrected chi connectivity index (χ4v) is 3.85. The van der Waals surface area contributed by atoms with Gasteiger partial charge in [-0.1, -0.05) is 42.5 Å². The number of amides is 1. The van der Waals surface area contributed by atoms with Crippen LogP contribution in [-0.2, 0) is 19.6 Å². The molecule has 3 aromatic rings. The Balaban J connectivity index is 1.54. The number of carbonyl (C=O) groups excluding carboxylic acids is 1. The van der Waals surface area contributed by atoms with E-state index < -0.39 is 0 Å². The highest BCUT2D eigenvalue weighted by atomic mass is 16.5. The van der Waals surface area contributed by atoms with Crippen molar-refractivity contribution in [3.63, 3.8) is 0 Å². The first-order chi connectivity index (χ1) is 14.7. The number of aryl methyl sites for hydroxylation is 1. The predicted octanol–water partition coefficient (Wildman–Crippen LogP) is 5.17. The normalized spacial score (nSPS) is 12.9. The van der Waals surface area contributed by atoms with Crippen LogP contribution in [0.25, 0.3) is 0 Å². The zero-order valence-electron chi connectivity index (χ0n) is 17.6. The monoisotopic (exact) mass is 401 g/mol. The van der Waals surface area contributed by atoms with E-state index in [4.69, 9.17) is 9.47 Å². The third-order valence-corrected chi connectivity index (χ3v) is 5.50. The molecule has 0 radical (unpaired) electrons. The van der Waals surface area contributed by atoms with Crippen LogP contribution in [0.4, 0.5) is 0 Å². The molecule has 30 heavy (non-hydrogen) atoms. The van der Waals surface area contributed by atoms with Gasteiger partial charge >= 0.3 is 0 Å². The molecule has 0 saturated heterocycles. The SMILES string of the molecule is CCOc1ccc(C(=O)N2CCc3ccccc3C2)cc1COc1ccccc1C. The Morgan fingerprint density at radius 3 is 2.50 bits per heavy atom. The fourth-order valence-electron chi connectivity index (χ4n) is 3.85. The second kappa shape index (κ2) is 9.04. The number of ether oxygens (including phenoxy) is 2. The molecule has 4 heteroatoms. The summed E-state index contributed by atoms with van der Waals surface area (Å²) in [5, 5.41) is 0. The molecule has 0 aromatic heterocycles. The summed E-state index contributed by atoms with van der Waals surface area (Å²) in [5.41, 5.74) is 5.19. The molecule has 0 spiro atoms. The maximum atomic E-state index is 13.2. The van der Waals surface area contributed by atoms with Crippen LogP contribution >= 0.6 is 0 Å². The molecule has 1 aliphatic heterocycles. The first-order valence-electron chi connectivity index (χ1n) is 10.5. The van der Waals surface area contributed by atoms with Crippen molar-refractivity contribution in [2.24, 2.45) is 0 Å². The summed E-state index contributed by atoms with van der Waals surface area (Å²) in [7, 11) is 0. The summed E-state index contributed by atoms with van der Waals surface area (Å²) in [6.45, 7) is 6.27. The van der Waals surface area contributed by atoms with Crippen molar-refractivity contribution in [1.82, 2.24) is 4.90 Å². The molecule has 4 nitrogen and oxygen atoms in total. The maximum Gasteiger partial charge on any atom is 0.254 e. The van der Waals surface area contributed by atoms with Gasteiger partial charge in [-0.05, 0) is 61.2 Å². The van der Waals surface area contributed by atoms with Gasteiger partial charge in [-0.3, -0.25) is 4.79 Å². The molecule has 0 unspecified atom stereocenters. The molecule has 4 rings (SSSR count). The molecule has 1 amide bonds. The zero-order valence-corrected chi connectivity index (χ0v) is 17.6. The lowest BCUT2D eigenvalue weighted by atomic mass is 9.99. The van der Waals surface area contributed by atoms with Crippen LogP contribution in [0.15, 0.2) is 66.7 Å². The van der Waals surface area contributed by atoms with Gasteiger partial charge in [-0.2, -0.15) is 0 Å². The molecular formula is C26H27NO3. The number of hydrogen-bond acceptors (Lipinski definition) is 3. The van der Waals surface area contributed by atoms with Gasteiger partial charge in [-0.25, -0.2) is 0 Å². The number of carbonyl (C=O) groups is 1. The number of nitrogens with zero attached hydrogens (tertiary/aromatic N) is 1. The summed E-state index contributed by atoms with van der Waals surface area (Å²) < 4.78 is 11.8. The van der Waals surface area contributed by atoms with E-state index in [9.17, 15) is 4.79 Å². The van der Waals surface area contributed by atoms with Gasteiger partial charge in [0.25, 0.3) is 5.91 Å². The van der Waals surface area contributed by atoms with E-state index in [1.807, 2.05) is 67.3 Å². The molecule has 0 saturated carbocycles. The molecule has 1 aliphatic rings. The minimum Gasteiger partial charge on any atom is -0.493 e. The molecule has 1 heterocycles. The first-order valence-corrected chi connectivity index (χ1v) is 10.5. The number of benzene rings is 3. The van der Waals surface area contributed by atoms with Crippen molar-refractivity contribution in [2.45, 2.75) is 33.4 Å². The largest absolute Gasteiger partial charge is 0.493 e. The van der Waals surface area contributed by atoms with Crippen LogP contribution in [0.5, 0.6) is 11.5 Å². The molecule has 154 valence electrons. The lowest BCUT2D eigenvalue weighted by Crippen LogP contribution is -2.36. The molecule has 0 fully saturated rings. The quantitative estimate of drug-likeness (QED) is 0.572. The van der Waals surface area contributed by atoms with E-state index >= 15 is 0 Å². The van der Waals surface area contributed by atoms with Crippen LogP contribution < -0.4 is 9.47 Å². The molecule has 0 bridgehead atoms. The number of hydrogen-bond donors (Lipinski definition) is 0. The van der Waals surface area contributed by atoms with Gasteiger partial charge in [0.05, 0.1) is 6.61 Å². The average molecular weight is 402 g/mol. The zero-order chi connectivity index (χ0) is 20.9. The predicted molar refractivity (Wildman–Crippen MR) is 118 cm³/mol. The van der Waals surface area contributed by atoms with Gasteiger partial charge < -0.3 is 14.4 Å². The van der Waals surface area contributed by atoms with Crippen LogP contribution in [0.3, 0.4) is 0 Å². The van der Waals surface area contributed by atoms with E-state index in [0.717, 1.165) is 35.6 Å². The summed E-state index contributed by atoms with van der Waals surface area (Å²) in [6.07, 6.45) is 0.891. The highest BCUT2D eigenvalue weighted by Gasteiger charge is 2.22. The molecule has 0 aliphatic carbocycles. The van der Waals surface area contributed by atoms with Crippen molar-refractivity contribution < 1.29 is 14.3 Å². The van der Waals surface area contributed by atoms with Crippen molar-refractivity contribution >= 4 is 5.91 Å². The minimum absolute atomic E-state index is 0.0460. The van der Waals surface area contributed by atoms with Crippen LogP contribution in [0.1, 0.15) is 39.5 Å². The van der Waals surface area contributed by atoms with Gasteiger partial charge in [-0.15, -0.1) is 0 Å². The Labute approximate surface area is 178 Å². The van der Waals surface area contributed by atoms with E-state index in [-0.39, 0.29) is 5.91 Å². The number of para-hydroxylation sites is 1. The van der Waals surface area contributed by atoms with Crippen molar-refractivity contribution in [2.75, 3.05) is 13.2 Å². The Kier molecular flexibility index (Phi) is 6.03. The molecule has 0 N–H and O–H groups in total. The highest BCUT2D eigenvalue weighted by molar-refractivity contribution is 5.94. The summed E-state index contributed by atoms with van der Waals surface area (Å²) in [5.74, 6) is 1.64. The Morgan fingerprint density at radius 1 is 0.933 bits per heavy atom. The Morgan fingerprint density at radius 2 is 1.70 bits per heavy atom. The van der Waals surface area contributed by atoms with E-state index in [1.165, 1.54) is 11.1 Å². The van der Waals surface area contributed by atoms with E-state index in [0.29, 0.717) is 25.3 Å². The highest BCUT2D eigenvalue weighted by Crippen LogP contribution is 2.26. The maximum absolute atomic E-state index is 13.2. The summed E-state index contributed by atoms with van der Waals surface area (Å²) in [6, 6.07) is 21.9. The number of fused-ring (bicyclic) bond motifs is 1. The molecule has 3 aromatic carbocycles. The first kappa shape index (κ1) is 20.0. The second-order valence-electron chi connectivity index (χ2n) is 7.56. The van der Waals surface area contributed by atoms with E-state index in [1.54, 1.807) is 0 Å². The average Bonchev–Trinajstić information content (AvgIpc) is 2.78. The van der Waals surface area contributed by atoms with E-state index in [2.05, 4.69) is 18.2 Å². The van der Waals surface area contributed by atoms with Crippen molar-refractivity contribution in [3.05, 3.63) is 94.5 Å². The van der Waals surface area contributed by atoms with Crippen LogP contribution in [-0.4, -0.2) is 24.0 Å². The number of rotatable bonds is 6. The smallest absolute Gasteiger partial charge is 0.254 e. The van der Waals surface area contributed by atoms with Crippen molar-refractivity contribution in [3.8, 4) is 11.5 Å². The summed E-state index contributed by atoms with van der Waals surface area (Å²) in [4.78, 5) is 15.1. The fraction of sp³-hybridized carbons (Fsp3) is 0.269. The third-order valence-electron chi connectivity index (χ3n) is 5.50. The lowest BCUT2D eigenvalue weighted by Gasteiger charge is -2.29. The van der Waals surface area contributed by atoms with Gasteiger partial charge in [0.15, 0.2) is 0 Å². The lowest BCUT2D eigenvalue weighted by molar-refractivity contribution is 0.0734. The summed E-state index contributed by atoms with van der Waals surface area (Å²) >= 11 is 0. The molecular weight excluding hydrogens is 374 g/mol. The second-order valence-corrected chi connectivity index (χ2v) is 7.56. The van der Waals surface area contributed by atoms with Gasteiger partial charge in [0.1, 0.15) is 18.1 Å². The van der Waals surface area contributed by atoms with Crippen LogP contribution in [0.2, 0.25) is 0 Å². The van der Waals surface area contributed by atoms with Gasteiger partial charge in [0.2, 0.25) is 0 Å². The molecule has 0 atom stereocenters. The standard InChI is InChI=1S/C26H27NO3/c1-3-29-25-13-12-21(16-23(25)18-30-24-11-7-4-8-19(24)2)26(28)27-15-14-20-9-5-6-10-22(20)17-27/h4-13,16H,3,14-15,17-18H2,1-2H3. The minimum atomic E-state index is 0.0460. The Bertz CT molecular complexity index is 1040. The Hall–Kier alpha value is -3.27. The van der Waals surface area contributed by atoms with Crippen molar-refractivity contribution in [1.29, 1.82) is 0 Å². The third kappa shape index (κ3) is 4.33.